The maximum absolute atomic E-state index is 12.5. The number of nitrogens with one attached hydrogen (secondary N) is 2. The molecule has 0 unspecified atom stereocenters. The van der Waals surface area contributed by atoms with E-state index in [1.165, 1.54) is 19.3 Å². The zero-order chi connectivity index (χ0) is 16.7. The van der Waals surface area contributed by atoms with E-state index in [1.807, 2.05) is 44.2 Å². The minimum atomic E-state index is -0.465. The van der Waals surface area contributed by atoms with Crippen LogP contribution in [0.1, 0.15) is 51.5 Å². The highest BCUT2D eigenvalue weighted by Gasteiger charge is 2.26. The van der Waals surface area contributed by atoms with Crippen LogP contribution >= 0.6 is 0 Å². The molecule has 1 aromatic carbocycles. The van der Waals surface area contributed by atoms with Gasteiger partial charge in [0.2, 0.25) is 11.8 Å². The van der Waals surface area contributed by atoms with E-state index in [-0.39, 0.29) is 23.8 Å². The van der Waals surface area contributed by atoms with Gasteiger partial charge in [-0.2, -0.15) is 0 Å². The Morgan fingerprint density at radius 2 is 1.74 bits per heavy atom. The summed E-state index contributed by atoms with van der Waals surface area (Å²) in [5.74, 6) is -0.0830. The van der Waals surface area contributed by atoms with Crippen LogP contribution in [0.5, 0.6) is 0 Å². The topological polar surface area (TPSA) is 58.2 Å². The van der Waals surface area contributed by atoms with Crippen LogP contribution in [0.2, 0.25) is 0 Å². The molecule has 0 bridgehead atoms. The molecule has 4 nitrogen and oxygen atoms in total. The van der Waals surface area contributed by atoms with Crippen molar-refractivity contribution in [3.05, 3.63) is 35.9 Å². The van der Waals surface area contributed by atoms with Crippen molar-refractivity contribution in [1.82, 2.24) is 10.6 Å². The van der Waals surface area contributed by atoms with Crippen molar-refractivity contribution in [3.63, 3.8) is 0 Å². The molecule has 1 fully saturated rings. The third kappa shape index (κ3) is 5.70. The van der Waals surface area contributed by atoms with Gasteiger partial charge in [0.25, 0.3) is 0 Å². The third-order valence-electron chi connectivity index (χ3n) is 4.42. The van der Waals surface area contributed by atoms with Crippen LogP contribution in [-0.4, -0.2) is 23.9 Å². The van der Waals surface area contributed by atoms with E-state index < -0.39 is 6.04 Å². The number of hydrogen-bond acceptors (Lipinski definition) is 2. The smallest absolute Gasteiger partial charge is 0.243 e. The van der Waals surface area contributed by atoms with E-state index in [1.54, 1.807) is 0 Å². The molecule has 0 aromatic heterocycles. The Kier molecular flexibility index (Phi) is 6.63. The summed E-state index contributed by atoms with van der Waals surface area (Å²) in [7, 11) is 0. The number of rotatable bonds is 6. The monoisotopic (exact) mass is 316 g/mol. The SMILES string of the molecule is CC(C)[C@H](NC(=O)Cc1ccccc1)C(=O)NC1CCCCC1. The van der Waals surface area contributed by atoms with Gasteiger partial charge in [-0.25, -0.2) is 0 Å². The van der Waals surface area contributed by atoms with E-state index in [2.05, 4.69) is 10.6 Å². The minimum Gasteiger partial charge on any atom is -0.352 e. The number of amides is 2. The predicted molar refractivity (Wildman–Crippen MR) is 91.9 cm³/mol. The summed E-state index contributed by atoms with van der Waals surface area (Å²) in [6, 6.07) is 9.40. The van der Waals surface area contributed by atoms with Gasteiger partial charge in [0.1, 0.15) is 6.04 Å². The summed E-state index contributed by atoms with van der Waals surface area (Å²) in [4.78, 5) is 24.7. The molecule has 2 N–H and O–H groups in total. The van der Waals surface area contributed by atoms with Gasteiger partial charge in [0, 0.05) is 6.04 Å². The maximum Gasteiger partial charge on any atom is 0.243 e. The van der Waals surface area contributed by atoms with E-state index >= 15 is 0 Å². The van der Waals surface area contributed by atoms with Crippen LogP contribution in [0, 0.1) is 5.92 Å². The summed E-state index contributed by atoms with van der Waals surface area (Å²) >= 11 is 0. The van der Waals surface area contributed by atoms with Crippen LogP contribution < -0.4 is 10.6 Å². The van der Waals surface area contributed by atoms with Crippen molar-refractivity contribution in [2.45, 2.75) is 64.5 Å². The number of carbonyl (C=O) groups is 2. The Labute approximate surface area is 139 Å². The molecule has 2 amide bonds. The molecule has 1 aromatic rings. The highest BCUT2D eigenvalue weighted by molar-refractivity contribution is 5.88. The van der Waals surface area contributed by atoms with Gasteiger partial charge < -0.3 is 10.6 Å². The van der Waals surface area contributed by atoms with Crippen molar-refractivity contribution in [1.29, 1.82) is 0 Å². The van der Waals surface area contributed by atoms with Gasteiger partial charge in [0.15, 0.2) is 0 Å². The van der Waals surface area contributed by atoms with Crippen molar-refractivity contribution >= 4 is 11.8 Å². The maximum atomic E-state index is 12.5. The first kappa shape index (κ1) is 17.5. The zero-order valence-electron chi connectivity index (χ0n) is 14.2. The molecule has 4 heteroatoms. The van der Waals surface area contributed by atoms with Crippen molar-refractivity contribution in [2.75, 3.05) is 0 Å². The summed E-state index contributed by atoms with van der Waals surface area (Å²) in [5, 5.41) is 6.02. The van der Waals surface area contributed by atoms with Gasteiger partial charge in [-0.15, -0.1) is 0 Å². The van der Waals surface area contributed by atoms with Crippen molar-refractivity contribution in [2.24, 2.45) is 5.92 Å². The van der Waals surface area contributed by atoms with E-state index in [0.717, 1.165) is 18.4 Å². The van der Waals surface area contributed by atoms with Crippen molar-refractivity contribution in [3.8, 4) is 0 Å². The lowest BCUT2D eigenvalue weighted by Gasteiger charge is -2.27. The fourth-order valence-corrected chi connectivity index (χ4v) is 3.08. The second-order valence-corrected chi connectivity index (χ2v) is 6.80. The Morgan fingerprint density at radius 1 is 1.09 bits per heavy atom. The van der Waals surface area contributed by atoms with Gasteiger partial charge in [-0.05, 0) is 24.3 Å². The lowest BCUT2D eigenvalue weighted by Crippen LogP contribution is -2.52. The molecule has 0 spiro atoms. The first-order valence-electron chi connectivity index (χ1n) is 8.70. The average molecular weight is 316 g/mol. The molecule has 23 heavy (non-hydrogen) atoms. The van der Waals surface area contributed by atoms with Crippen LogP contribution in [0.4, 0.5) is 0 Å². The summed E-state index contributed by atoms with van der Waals surface area (Å²) < 4.78 is 0. The summed E-state index contributed by atoms with van der Waals surface area (Å²) in [6.45, 7) is 3.93. The van der Waals surface area contributed by atoms with E-state index in [9.17, 15) is 9.59 Å². The van der Waals surface area contributed by atoms with E-state index in [0.29, 0.717) is 6.42 Å². The largest absolute Gasteiger partial charge is 0.352 e. The number of benzene rings is 1. The van der Waals surface area contributed by atoms with Crippen LogP contribution in [-0.2, 0) is 16.0 Å². The first-order valence-corrected chi connectivity index (χ1v) is 8.70. The lowest BCUT2D eigenvalue weighted by molar-refractivity contribution is -0.130. The van der Waals surface area contributed by atoms with Crippen LogP contribution in [0.25, 0.3) is 0 Å². The Bertz CT molecular complexity index is 507. The molecule has 1 atom stereocenters. The molecule has 1 aliphatic rings. The van der Waals surface area contributed by atoms with Crippen molar-refractivity contribution < 1.29 is 9.59 Å². The number of carbonyl (C=O) groups excluding carboxylic acids is 2. The standard InChI is InChI=1S/C19H28N2O2/c1-14(2)18(19(23)20-16-11-7-4-8-12-16)21-17(22)13-15-9-5-3-6-10-15/h3,5-6,9-10,14,16,18H,4,7-8,11-13H2,1-2H3,(H,20,23)(H,21,22)/t18-/m0/s1. The molecule has 1 aliphatic carbocycles. The molecular formula is C19H28N2O2. The Hall–Kier alpha value is -1.84. The lowest BCUT2D eigenvalue weighted by atomic mass is 9.94. The normalized spacial score (nSPS) is 16.8. The highest BCUT2D eigenvalue weighted by Crippen LogP contribution is 2.18. The molecule has 126 valence electrons. The third-order valence-corrected chi connectivity index (χ3v) is 4.42. The van der Waals surface area contributed by atoms with E-state index in [4.69, 9.17) is 0 Å². The molecule has 2 rings (SSSR count). The average Bonchev–Trinajstić information content (AvgIpc) is 2.54. The van der Waals surface area contributed by atoms with Gasteiger partial charge >= 0.3 is 0 Å². The first-order chi connectivity index (χ1) is 11.1. The molecule has 0 radical (unpaired) electrons. The molecule has 0 heterocycles. The second kappa shape index (κ2) is 8.70. The Morgan fingerprint density at radius 3 is 2.35 bits per heavy atom. The number of hydrogen-bond donors (Lipinski definition) is 2. The molecule has 0 aliphatic heterocycles. The molecule has 0 saturated heterocycles. The second-order valence-electron chi connectivity index (χ2n) is 6.80. The quantitative estimate of drug-likeness (QED) is 0.848. The van der Waals surface area contributed by atoms with Gasteiger partial charge in [-0.1, -0.05) is 63.4 Å². The zero-order valence-corrected chi connectivity index (χ0v) is 14.2. The van der Waals surface area contributed by atoms with Crippen LogP contribution in [0.15, 0.2) is 30.3 Å². The van der Waals surface area contributed by atoms with Gasteiger partial charge in [-0.3, -0.25) is 9.59 Å². The molecular weight excluding hydrogens is 288 g/mol. The summed E-state index contributed by atoms with van der Waals surface area (Å²) in [6.07, 6.45) is 6.02. The van der Waals surface area contributed by atoms with Crippen LogP contribution in [0.3, 0.4) is 0 Å². The minimum absolute atomic E-state index is 0.0479. The molecule has 1 saturated carbocycles. The summed E-state index contributed by atoms with van der Waals surface area (Å²) in [5.41, 5.74) is 0.959. The fourth-order valence-electron chi connectivity index (χ4n) is 3.08. The fraction of sp³-hybridized carbons (Fsp3) is 0.579. The highest BCUT2D eigenvalue weighted by atomic mass is 16.2. The Balaban J connectivity index is 1.89. The predicted octanol–water partition coefficient (Wildman–Crippen LogP) is 2.82. The van der Waals surface area contributed by atoms with Gasteiger partial charge in [0.05, 0.1) is 6.42 Å².